The second kappa shape index (κ2) is 3.83. The minimum atomic E-state index is 0.117. The third-order valence-electron chi connectivity index (χ3n) is 2.44. The molecule has 0 radical (unpaired) electrons. The Labute approximate surface area is 99.3 Å². The number of nitrogens with one attached hydrogen (secondary N) is 1. The number of benzene rings is 1. The number of hydrogen-bond acceptors (Lipinski definition) is 3. The zero-order valence-corrected chi connectivity index (χ0v) is 10.4. The van der Waals surface area contributed by atoms with Gasteiger partial charge in [-0.25, -0.2) is 4.68 Å². The van der Waals surface area contributed by atoms with Gasteiger partial charge in [-0.05, 0) is 35.3 Å². The molecule has 0 saturated carbocycles. The van der Waals surface area contributed by atoms with E-state index in [1.807, 2.05) is 12.1 Å². The summed E-state index contributed by atoms with van der Waals surface area (Å²) in [6, 6.07) is 8.19. The summed E-state index contributed by atoms with van der Waals surface area (Å²) >= 11 is 5.06. The van der Waals surface area contributed by atoms with E-state index in [0.29, 0.717) is 4.77 Å². The Morgan fingerprint density at radius 1 is 1.31 bits per heavy atom. The smallest absolute Gasteiger partial charge is 0.210 e. The normalized spacial score (nSPS) is 11.7. The predicted octanol–water partition coefficient (Wildman–Crippen LogP) is 2.62. The fraction of sp³-hybridized carbons (Fsp3) is 0.364. The average Bonchev–Trinajstić information content (AvgIpc) is 2.63. The van der Waals surface area contributed by atoms with E-state index in [9.17, 15) is 0 Å². The summed E-state index contributed by atoms with van der Waals surface area (Å²) in [4.78, 5) is 0. The molecule has 0 aliphatic rings. The molecule has 2 rings (SSSR count). The van der Waals surface area contributed by atoms with Gasteiger partial charge in [0.1, 0.15) is 0 Å². The number of nitrogens with zero attached hydrogens (tertiary/aromatic N) is 3. The lowest BCUT2D eigenvalue weighted by Crippen LogP contribution is -2.11. The highest BCUT2D eigenvalue weighted by molar-refractivity contribution is 7.71. The topological polar surface area (TPSA) is 46.5 Å². The van der Waals surface area contributed by atoms with Crippen LogP contribution in [0.2, 0.25) is 0 Å². The van der Waals surface area contributed by atoms with Crippen molar-refractivity contribution in [2.45, 2.75) is 26.2 Å². The van der Waals surface area contributed by atoms with Crippen LogP contribution >= 0.6 is 12.2 Å². The molecule has 0 bridgehead atoms. The van der Waals surface area contributed by atoms with E-state index >= 15 is 0 Å². The van der Waals surface area contributed by atoms with E-state index in [4.69, 9.17) is 12.2 Å². The van der Waals surface area contributed by atoms with Gasteiger partial charge in [-0.3, -0.25) is 0 Å². The second-order valence-electron chi connectivity index (χ2n) is 4.72. The molecule has 0 aliphatic carbocycles. The van der Waals surface area contributed by atoms with Gasteiger partial charge in [0, 0.05) is 0 Å². The lowest BCUT2D eigenvalue weighted by Gasteiger charge is -2.19. The summed E-state index contributed by atoms with van der Waals surface area (Å²) < 4.78 is 2.12. The van der Waals surface area contributed by atoms with Crippen LogP contribution in [0.1, 0.15) is 26.3 Å². The van der Waals surface area contributed by atoms with Crippen molar-refractivity contribution in [3.05, 3.63) is 34.6 Å². The van der Waals surface area contributed by atoms with Crippen molar-refractivity contribution in [1.82, 2.24) is 20.2 Å². The van der Waals surface area contributed by atoms with Crippen LogP contribution in [0.3, 0.4) is 0 Å². The summed E-state index contributed by atoms with van der Waals surface area (Å²) in [6.45, 7) is 6.53. The van der Waals surface area contributed by atoms with Crippen LogP contribution in [-0.4, -0.2) is 20.2 Å². The lowest BCUT2D eigenvalue weighted by atomic mass is 9.87. The summed E-state index contributed by atoms with van der Waals surface area (Å²) in [5, 5.41) is 10.2. The van der Waals surface area contributed by atoms with E-state index in [1.165, 1.54) is 5.56 Å². The fourth-order valence-corrected chi connectivity index (χ4v) is 1.66. The van der Waals surface area contributed by atoms with Crippen LogP contribution in [0.15, 0.2) is 24.3 Å². The first-order chi connectivity index (χ1) is 7.48. The minimum Gasteiger partial charge on any atom is -0.210 e. The highest BCUT2D eigenvalue weighted by atomic mass is 32.1. The number of hydrogen-bond donors (Lipinski definition) is 1. The van der Waals surface area contributed by atoms with Crippen LogP contribution in [0.5, 0.6) is 0 Å². The van der Waals surface area contributed by atoms with Crippen LogP contribution in [0, 0.1) is 4.77 Å². The number of rotatable bonds is 1. The number of aromatic nitrogens is 4. The van der Waals surface area contributed by atoms with E-state index in [1.54, 1.807) is 4.68 Å². The molecule has 1 aromatic carbocycles. The molecule has 0 saturated heterocycles. The molecule has 0 fully saturated rings. The highest BCUT2D eigenvalue weighted by Crippen LogP contribution is 2.23. The molecular weight excluding hydrogens is 220 g/mol. The Hall–Kier alpha value is -1.49. The number of aromatic amines is 1. The average molecular weight is 234 g/mol. The summed E-state index contributed by atoms with van der Waals surface area (Å²) in [7, 11) is 0. The van der Waals surface area contributed by atoms with Gasteiger partial charge in [0.25, 0.3) is 0 Å². The number of tetrazole rings is 1. The molecule has 0 aliphatic heterocycles. The van der Waals surface area contributed by atoms with Crippen LogP contribution in [-0.2, 0) is 5.41 Å². The standard InChI is InChI=1S/C11H14N4S/c1-11(2,3)8-5-4-6-9(7-8)15-10(16)12-13-14-15/h4-7H,1-3H3,(H,12,14,16). The lowest BCUT2D eigenvalue weighted by molar-refractivity contribution is 0.589. The van der Waals surface area contributed by atoms with Crippen LogP contribution < -0.4 is 0 Å². The quantitative estimate of drug-likeness (QED) is 0.771. The zero-order valence-electron chi connectivity index (χ0n) is 9.56. The summed E-state index contributed by atoms with van der Waals surface area (Å²) in [5.74, 6) is 0. The molecule has 16 heavy (non-hydrogen) atoms. The molecule has 0 unspecified atom stereocenters. The van der Waals surface area contributed by atoms with Gasteiger partial charge in [0.2, 0.25) is 4.77 Å². The van der Waals surface area contributed by atoms with Gasteiger partial charge >= 0.3 is 0 Å². The Morgan fingerprint density at radius 2 is 2.06 bits per heavy atom. The summed E-state index contributed by atoms with van der Waals surface area (Å²) in [5.41, 5.74) is 2.33. The third-order valence-corrected chi connectivity index (χ3v) is 2.71. The first-order valence-corrected chi connectivity index (χ1v) is 5.50. The van der Waals surface area contributed by atoms with Gasteiger partial charge < -0.3 is 0 Å². The molecule has 0 atom stereocenters. The van der Waals surface area contributed by atoms with Gasteiger partial charge in [-0.2, -0.15) is 5.21 Å². The van der Waals surface area contributed by atoms with E-state index < -0.39 is 0 Å². The molecule has 4 nitrogen and oxygen atoms in total. The van der Waals surface area contributed by atoms with E-state index in [0.717, 1.165) is 5.69 Å². The molecule has 5 heteroatoms. The SMILES string of the molecule is CC(C)(C)c1cccc(-n2[nH]nnc2=S)c1. The van der Waals surface area contributed by atoms with E-state index in [-0.39, 0.29) is 5.41 Å². The van der Waals surface area contributed by atoms with Gasteiger partial charge in [-0.1, -0.05) is 43.2 Å². The molecule has 1 aromatic heterocycles. The Kier molecular flexibility index (Phi) is 2.63. The highest BCUT2D eigenvalue weighted by Gasteiger charge is 2.14. The Balaban J connectivity index is 2.53. The Morgan fingerprint density at radius 3 is 2.62 bits per heavy atom. The largest absolute Gasteiger partial charge is 0.242 e. The molecule has 84 valence electrons. The molecule has 2 aromatic rings. The predicted molar refractivity (Wildman–Crippen MR) is 65.2 cm³/mol. The minimum absolute atomic E-state index is 0.117. The van der Waals surface area contributed by atoms with Crippen molar-refractivity contribution in [1.29, 1.82) is 0 Å². The van der Waals surface area contributed by atoms with Crippen molar-refractivity contribution in [3.63, 3.8) is 0 Å². The molecule has 0 amide bonds. The maximum absolute atomic E-state index is 5.06. The number of H-pyrrole nitrogens is 1. The monoisotopic (exact) mass is 234 g/mol. The van der Waals surface area contributed by atoms with Gasteiger partial charge in [-0.15, -0.1) is 0 Å². The molecule has 0 spiro atoms. The zero-order chi connectivity index (χ0) is 11.8. The first-order valence-electron chi connectivity index (χ1n) is 5.09. The van der Waals surface area contributed by atoms with Crippen molar-refractivity contribution in [3.8, 4) is 5.69 Å². The van der Waals surface area contributed by atoms with Gasteiger partial charge in [0.05, 0.1) is 5.69 Å². The Bertz CT molecular complexity index is 547. The third kappa shape index (κ3) is 2.04. The first kappa shape index (κ1) is 11.0. The van der Waals surface area contributed by atoms with E-state index in [2.05, 4.69) is 48.4 Å². The second-order valence-corrected chi connectivity index (χ2v) is 5.08. The van der Waals surface area contributed by atoms with Crippen molar-refractivity contribution in [2.24, 2.45) is 0 Å². The summed E-state index contributed by atoms with van der Waals surface area (Å²) in [6.07, 6.45) is 0. The maximum Gasteiger partial charge on any atom is 0.242 e. The fourth-order valence-electron chi connectivity index (χ4n) is 1.48. The van der Waals surface area contributed by atoms with Crippen molar-refractivity contribution in [2.75, 3.05) is 0 Å². The van der Waals surface area contributed by atoms with Gasteiger partial charge in [0.15, 0.2) is 0 Å². The van der Waals surface area contributed by atoms with Crippen molar-refractivity contribution >= 4 is 12.2 Å². The molecule has 1 N–H and O–H groups in total. The molecular formula is C11H14N4S. The van der Waals surface area contributed by atoms with Crippen LogP contribution in [0.4, 0.5) is 0 Å². The molecule has 1 heterocycles. The van der Waals surface area contributed by atoms with Crippen LogP contribution in [0.25, 0.3) is 5.69 Å². The van der Waals surface area contributed by atoms with Crippen molar-refractivity contribution < 1.29 is 0 Å². The maximum atomic E-state index is 5.06.